The van der Waals surface area contributed by atoms with Gasteiger partial charge in [0.25, 0.3) is 0 Å². The molecule has 0 heterocycles. The van der Waals surface area contributed by atoms with E-state index in [1.165, 1.54) is 0 Å². The van der Waals surface area contributed by atoms with Crippen molar-refractivity contribution in [1.29, 1.82) is 0 Å². The van der Waals surface area contributed by atoms with Crippen molar-refractivity contribution in [2.45, 2.75) is 38.4 Å². The van der Waals surface area contributed by atoms with Crippen molar-refractivity contribution in [2.24, 2.45) is 4.99 Å². The van der Waals surface area contributed by atoms with E-state index in [1.807, 2.05) is 6.08 Å². The van der Waals surface area contributed by atoms with E-state index in [2.05, 4.69) is 11.6 Å². The van der Waals surface area contributed by atoms with Crippen LogP contribution in [0.25, 0.3) is 0 Å². The summed E-state index contributed by atoms with van der Waals surface area (Å²) in [5, 5.41) is -0.410. The monoisotopic (exact) mass is 231 g/mol. The molecule has 88 valence electrons. The second-order valence-electron chi connectivity index (χ2n) is 3.52. The summed E-state index contributed by atoms with van der Waals surface area (Å²) in [7, 11) is -1.38. The summed E-state index contributed by atoms with van der Waals surface area (Å²) >= 11 is 0. The first-order valence-electron chi connectivity index (χ1n) is 5.25. The van der Waals surface area contributed by atoms with E-state index in [9.17, 15) is 8.42 Å². The molecule has 0 amide bonds. The molecule has 0 spiro atoms. The fourth-order valence-corrected chi connectivity index (χ4v) is 2.99. The molecule has 0 saturated carbocycles. The van der Waals surface area contributed by atoms with Gasteiger partial charge in [0.1, 0.15) is 0 Å². The van der Waals surface area contributed by atoms with Gasteiger partial charge in [-0.3, -0.25) is 4.99 Å². The number of aliphatic imine (C=N–C) groups is 1. The van der Waals surface area contributed by atoms with E-state index in [-0.39, 0.29) is 5.75 Å². The average molecular weight is 231 g/mol. The lowest BCUT2D eigenvalue weighted by Crippen LogP contribution is -2.30. The van der Waals surface area contributed by atoms with E-state index < -0.39 is 15.1 Å². The molecule has 0 aromatic rings. The van der Waals surface area contributed by atoms with Crippen LogP contribution in [0.5, 0.6) is 0 Å². The van der Waals surface area contributed by atoms with Crippen LogP contribution < -0.4 is 0 Å². The van der Waals surface area contributed by atoms with Gasteiger partial charge in [-0.2, -0.15) is 0 Å². The summed E-state index contributed by atoms with van der Waals surface area (Å²) in [6, 6.07) is 0. The van der Waals surface area contributed by atoms with Gasteiger partial charge >= 0.3 is 0 Å². The normalized spacial score (nSPS) is 15.0. The lowest BCUT2D eigenvalue weighted by atomic mass is 10.1. The van der Waals surface area contributed by atoms with Gasteiger partial charge < -0.3 is 0 Å². The molecule has 0 rings (SSSR count). The summed E-state index contributed by atoms with van der Waals surface area (Å²) in [4.78, 5) is 3.99. The quantitative estimate of drug-likeness (QED) is 0.383. The van der Waals surface area contributed by atoms with Gasteiger partial charge in [-0.25, -0.2) is 8.42 Å². The zero-order valence-electron chi connectivity index (χ0n) is 9.86. The number of nitrogens with zero attached hydrogens (tertiary/aromatic N) is 1. The zero-order valence-corrected chi connectivity index (χ0v) is 10.7. The van der Waals surface area contributed by atoms with Crippen LogP contribution in [0.4, 0.5) is 0 Å². The number of rotatable bonds is 7. The maximum Gasteiger partial charge on any atom is 0.158 e. The predicted molar refractivity (Wildman–Crippen MR) is 66.3 cm³/mol. The lowest BCUT2D eigenvalue weighted by molar-refractivity contribution is 0.585. The second-order valence-corrected chi connectivity index (χ2v) is 6.00. The van der Waals surface area contributed by atoms with Gasteiger partial charge in [-0.05, 0) is 26.2 Å². The molecule has 15 heavy (non-hydrogen) atoms. The molecular weight excluding hydrogens is 210 g/mol. The first kappa shape index (κ1) is 14.4. The van der Waals surface area contributed by atoms with Gasteiger partial charge in [0.05, 0.1) is 5.25 Å². The number of allylic oxidation sites excluding steroid dienone is 1. The van der Waals surface area contributed by atoms with Crippen LogP contribution in [0, 0.1) is 0 Å². The van der Waals surface area contributed by atoms with Gasteiger partial charge in [0.15, 0.2) is 9.84 Å². The molecule has 1 unspecified atom stereocenters. The molecule has 3 nitrogen and oxygen atoms in total. The molecule has 0 aliphatic carbocycles. The molecule has 1 atom stereocenters. The van der Waals surface area contributed by atoms with Gasteiger partial charge in [-0.1, -0.05) is 13.0 Å². The Balaban J connectivity index is 4.68. The molecule has 0 aliphatic heterocycles. The van der Waals surface area contributed by atoms with Gasteiger partial charge in [-0.15, -0.1) is 6.58 Å². The molecule has 0 radical (unpaired) electrons. The van der Waals surface area contributed by atoms with Crippen molar-refractivity contribution in [3.8, 4) is 0 Å². The SMILES string of the molecule is C=CCCCC(/C(C)=N\C)S(=O)(=O)CC. The molecule has 0 aromatic carbocycles. The molecule has 0 N–H and O–H groups in total. The number of sulfone groups is 1. The largest absolute Gasteiger partial charge is 0.296 e. The Morgan fingerprint density at radius 2 is 2.13 bits per heavy atom. The summed E-state index contributed by atoms with van der Waals surface area (Å²) in [6.07, 6.45) is 4.16. The lowest BCUT2D eigenvalue weighted by Gasteiger charge is -2.15. The number of hydrogen-bond donors (Lipinski definition) is 0. The maximum atomic E-state index is 11.8. The van der Waals surface area contributed by atoms with Crippen LogP contribution in [-0.2, 0) is 9.84 Å². The highest BCUT2D eigenvalue weighted by Crippen LogP contribution is 2.13. The van der Waals surface area contributed by atoms with Crippen molar-refractivity contribution in [3.05, 3.63) is 12.7 Å². The smallest absolute Gasteiger partial charge is 0.158 e. The van der Waals surface area contributed by atoms with Crippen molar-refractivity contribution in [3.63, 3.8) is 0 Å². The van der Waals surface area contributed by atoms with E-state index >= 15 is 0 Å². The Labute approximate surface area is 93.2 Å². The standard InChI is InChI=1S/C11H21NO2S/c1-5-7-8-9-11(10(3)12-4)15(13,14)6-2/h5,11H,1,6-9H2,2-4H3/b12-10-. The highest BCUT2D eigenvalue weighted by Gasteiger charge is 2.25. The third-order valence-electron chi connectivity index (χ3n) is 2.53. The van der Waals surface area contributed by atoms with Crippen LogP contribution in [0.2, 0.25) is 0 Å². The van der Waals surface area contributed by atoms with E-state index in [4.69, 9.17) is 0 Å². The third-order valence-corrected chi connectivity index (χ3v) is 4.78. The van der Waals surface area contributed by atoms with Crippen molar-refractivity contribution >= 4 is 15.5 Å². The van der Waals surface area contributed by atoms with Crippen LogP contribution in [0.15, 0.2) is 17.6 Å². The van der Waals surface area contributed by atoms with E-state index in [1.54, 1.807) is 20.9 Å². The topological polar surface area (TPSA) is 46.5 Å². The molecule has 0 aromatic heterocycles. The minimum Gasteiger partial charge on any atom is -0.296 e. The van der Waals surface area contributed by atoms with E-state index in [0.717, 1.165) is 12.8 Å². The Kier molecular flexibility index (Phi) is 6.48. The summed E-state index contributed by atoms with van der Waals surface area (Å²) in [6.45, 7) is 7.09. The first-order chi connectivity index (χ1) is 6.99. The Hall–Kier alpha value is -0.640. The Bertz CT molecular complexity index is 317. The molecule has 0 fully saturated rings. The van der Waals surface area contributed by atoms with Crippen LogP contribution in [0.3, 0.4) is 0 Å². The van der Waals surface area contributed by atoms with E-state index in [0.29, 0.717) is 12.1 Å². The Morgan fingerprint density at radius 1 is 1.53 bits per heavy atom. The molecule has 0 bridgehead atoms. The predicted octanol–water partition coefficient (Wildman–Crippen LogP) is 2.24. The van der Waals surface area contributed by atoms with Crippen molar-refractivity contribution < 1.29 is 8.42 Å². The minimum absolute atomic E-state index is 0.179. The highest BCUT2D eigenvalue weighted by molar-refractivity contribution is 7.92. The Morgan fingerprint density at radius 3 is 2.53 bits per heavy atom. The number of hydrogen-bond acceptors (Lipinski definition) is 3. The zero-order chi connectivity index (χ0) is 11.9. The summed E-state index contributed by atoms with van der Waals surface area (Å²) in [5.41, 5.74) is 0.709. The van der Waals surface area contributed by atoms with Crippen LogP contribution >= 0.6 is 0 Å². The average Bonchev–Trinajstić information content (AvgIpc) is 2.23. The summed E-state index contributed by atoms with van der Waals surface area (Å²) in [5.74, 6) is 0.179. The van der Waals surface area contributed by atoms with Crippen molar-refractivity contribution in [1.82, 2.24) is 0 Å². The molecule has 0 aliphatic rings. The summed E-state index contributed by atoms with van der Waals surface area (Å²) < 4.78 is 23.6. The van der Waals surface area contributed by atoms with Gasteiger partial charge in [0, 0.05) is 18.5 Å². The first-order valence-corrected chi connectivity index (χ1v) is 6.96. The van der Waals surface area contributed by atoms with Crippen LogP contribution in [-0.4, -0.2) is 32.2 Å². The fraction of sp³-hybridized carbons (Fsp3) is 0.727. The minimum atomic E-state index is -3.02. The molecule has 0 saturated heterocycles. The second kappa shape index (κ2) is 6.77. The van der Waals surface area contributed by atoms with Crippen LogP contribution in [0.1, 0.15) is 33.1 Å². The fourth-order valence-electron chi connectivity index (χ4n) is 1.44. The van der Waals surface area contributed by atoms with Crippen molar-refractivity contribution in [2.75, 3.05) is 12.8 Å². The highest BCUT2D eigenvalue weighted by atomic mass is 32.2. The molecular formula is C11H21NO2S. The van der Waals surface area contributed by atoms with Gasteiger partial charge in [0.2, 0.25) is 0 Å². The number of unbranched alkanes of at least 4 members (excludes halogenated alkanes) is 1. The maximum absolute atomic E-state index is 11.8. The third kappa shape index (κ3) is 4.60. The molecule has 4 heteroatoms.